The van der Waals surface area contributed by atoms with E-state index in [0.29, 0.717) is 23.9 Å². The molecule has 0 bridgehead atoms. The lowest BCUT2D eigenvalue weighted by Crippen LogP contribution is -2.50. The van der Waals surface area contributed by atoms with Crippen LogP contribution in [0.25, 0.3) is 0 Å². The molecule has 2 aliphatic rings. The van der Waals surface area contributed by atoms with Gasteiger partial charge in [-0.05, 0) is 43.6 Å². The summed E-state index contributed by atoms with van der Waals surface area (Å²) < 4.78 is 32.5. The number of carbonyl (C=O) groups is 1. The summed E-state index contributed by atoms with van der Waals surface area (Å²) in [6, 6.07) is 3.49. The van der Waals surface area contributed by atoms with E-state index < -0.39 is 11.6 Å². The van der Waals surface area contributed by atoms with Crippen LogP contribution >= 0.6 is 12.2 Å². The lowest BCUT2D eigenvalue weighted by molar-refractivity contribution is -0.130. The van der Waals surface area contributed by atoms with E-state index in [4.69, 9.17) is 17.0 Å². The highest BCUT2D eigenvalue weighted by Crippen LogP contribution is 2.20. The molecule has 2 saturated heterocycles. The van der Waals surface area contributed by atoms with E-state index in [2.05, 4.69) is 15.1 Å². The summed E-state index contributed by atoms with van der Waals surface area (Å²) in [6.07, 6.45) is 2.55. The number of thiocarbonyl (C=S) groups is 1. The molecule has 0 aliphatic carbocycles. The number of halogens is 2. The molecule has 1 aromatic carbocycles. The van der Waals surface area contributed by atoms with E-state index in [-0.39, 0.29) is 11.9 Å². The van der Waals surface area contributed by atoms with Crippen LogP contribution in [0.15, 0.2) is 18.2 Å². The molecule has 6 nitrogen and oxygen atoms in total. The van der Waals surface area contributed by atoms with E-state index in [0.717, 1.165) is 64.7 Å². The molecule has 1 aromatic rings. The summed E-state index contributed by atoms with van der Waals surface area (Å²) >= 11 is 5.63. The van der Waals surface area contributed by atoms with Gasteiger partial charge in [0, 0.05) is 64.0 Å². The minimum absolute atomic E-state index is 0.0863. The van der Waals surface area contributed by atoms with Gasteiger partial charge in [-0.15, -0.1) is 0 Å². The van der Waals surface area contributed by atoms with Gasteiger partial charge in [0.25, 0.3) is 0 Å². The van der Waals surface area contributed by atoms with Crippen LogP contribution in [0.4, 0.5) is 14.5 Å². The molecule has 0 saturated carbocycles. The number of nitrogens with zero attached hydrogens (tertiary/aromatic N) is 3. The Balaban J connectivity index is 1.63. The number of rotatable bonds is 6. The van der Waals surface area contributed by atoms with E-state index >= 15 is 0 Å². The van der Waals surface area contributed by atoms with Crippen molar-refractivity contribution in [3.8, 4) is 0 Å². The number of benzene rings is 1. The topological polar surface area (TPSA) is 48.1 Å². The van der Waals surface area contributed by atoms with Crippen molar-refractivity contribution in [3.63, 3.8) is 0 Å². The van der Waals surface area contributed by atoms with Crippen molar-refractivity contribution in [2.24, 2.45) is 0 Å². The minimum Gasteiger partial charge on any atom is -0.379 e. The van der Waals surface area contributed by atoms with E-state index in [1.807, 2.05) is 4.90 Å². The molecule has 1 N–H and O–H groups in total. The highest BCUT2D eigenvalue weighted by molar-refractivity contribution is 7.80. The number of hydrogen-bond donors (Lipinski definition) is 1. The van der Waals surface area contributed by atoms with Crippen molar-refractivity contribution in [1.29, 1.82) is 0 Å². The SMILES string of the molecule is CC(=O)N1CCC(N(CCCN2CCOCC2)C(=S)Nc2cc(F)cc(F)c2)CC1. The highest BCUT2D eigenvalue weighted by Gasteiger charge is 2.27. The number of nitrogens with one attached hydrogen (secondary N) is 1. The van der Waals surface area contributed by atoms with Crippen LogP contribution in [-0.2, 0) is 9.53 Å². The Kier molecular flexibility index (Phi) is 8.35. The molecule has 0 atom stereocenters. The standard InChI is InChI=1S/C21H30F2N4O2S/c1-16(28)26-7-3-20(4-8-26)27(6-2-5-25-9-11-29-12-10-25)21(30)24-19-14-17(22)13-18(23)15-19/h13-15,20H,2-12H2,1H3,(H,24,30). The summed E-state index contributed by atoms with van der Waals surface area (Å²) in [5.41, 5.74) is 0.303. The molecular weight excluding hydrogens is 410 g/mol. The number of anilines is 1. The van der Waals surface area contributed by atoms with Gasteiger partial charge in [0.1, 0.15) is 11.6 Å². The zero-order valence-corrected chi connectivity index (χ0v) is 18.2. The third-order valence-electron chi connectivity index (χ3n) is 5.70. The lowest BCUT2D eigenvalue weighted by Gasteiger charge is -2.40. The Morgan fingerprint density at radius 2 is 1.80 bits per heavy atom. The first-order valence-electron chi connectivity index (χ1n) is 10.5. The average Bonchev–Trinajstić information content (AvgIpc) is 2.71. The van der Waals surface area contributed by atoms with Crippen molar-refractivity contribution in [1.82, 2.24) is 14.7 Å². The number of piperidine rings is 1. The number of morpholine rings is 1. The minimum atomic E-state index is -0.645. The second-order valence-corrected chi connectivity index (χ2v) is 8.21. The Labute approximate surface area is 182 Å². The van der Waals surface area contributed by atoms with Gasteiger partial charge in [0.15, 0.2) is 5.11 Å². The summed E-state index contributed by atoms with van der Waals surface area (Å²) in [5, 5.41) is 3.47. The van der Waals surface area contributed by atoms with E-state index in [1.54, 1.807) is 6.92 Å². The first kappa shape index (κ1) is 22.8. The number of ether oxygens (including phenoxy) is 1. The first-order valence-corrected chi connectivity index (χ1v) is 10.9. The predicted molar refractivity (Wildman–Crippen MR) is 116 cm³/mol. The fourth-order valence-electron chi connectivity index (χ4n) is 4.05. The normalized spacial score (nSPS) is 18.3. The van der Waals surface area contributed by atoms with Gasteiger partial charge in [-0.1, -0.05) is 0 Å². The highest BCUT2D eigenvalue weighted by atomic mass is 32.1. The van der Waals surface area contributed by atoms with E-state index in [1.165, 1.54) is 12.1 Å². The predicted octanol–water partition coefficient (Wildman–Crippen LogP) is 2.70. The molecule has 0 radical (unpaired) electrons. The summed E-state index contributed by atoms with van der Waals surface area (Å²) in [4.78, 5) is 18.0. The largest absolute Gasteiger partial charge is 0.379 e. The van der Waals surface area contributed by atoms with Crippen LogP contribution in [0.3, 0.4) is 0 Å². The Morgan fingerprint density at radius 3 is 2.40 bits per heavy atom. The van der Waals surface area contributed by atoms with E-state index in [9.17, 15) is 13.6 Å². The maximum atomic E-state index is 13.6. The molecule has 0 spiro atoms. The van der Waals surface area contributed by atoms with Gasteiger partial charge in [-0.2, -0.15) is 0 Å². The van der Waals surface area contributed by atoms with Gasteiger partial charge in [-0.3, -0.25) is 9.69 Å². The Bertz CT molecular complexity index is 717. The fourth-order valence-corrected chi connectivity index (χ4v) is 4.41. The summed E-state index contributed by atoms with van der Waals surface area (Å²) in [6.45, 7) is 8.05. The van der Waals surface area contributed by atoms with Crippen molar-refractivity contribution in [3.05, 3.63) is 29.8 Å². The molecule has 2 aliphatic heterocycles. The molecule has 3 rings (SSSR count). The van der Waals surface area contributed by atoms with Crippen molar-refractivity contribution >= 4 is 28.9 Å². The maximum absolute atomic E-state index is 13.6. The third-order valence-corrected chi connectivity index (χ3v) is 6.04. The molecule has 1 amide bonds. The van der Waals surface area contributed by atoms with Crippen LogP contribution in [-0.4, -0.2) is 84.2 Å². The molecule has 2 heterocycles. The Morgan fingerprint density at radius 1 is 1.17 bits per heavy atom. The molecular formula is C21H30F2N4O2S. The van der Waals surface area contributed by atoms with Gasteiger partial charge in [0.05, 0.1) is 13.2 Å². The quantitative estimate of drug-likeness (QED) is 0.687. The molecule has 30 heavy (non-hydrogen) atoms. The molecule has 2 fully saturated rings. The second kappa shape index (κ2) is 11.0. The third kappa shape index (κ3) is 6.58. The monoisotopic (exact) mass is 440 g/mol. The zero-order chi connectivity index (χ0) is 21.5. The number of carbonyl (C=O) groups excluding carboxylic acids is 1. The van der Waals surface area contributed by atoms with Crippen LogP contribution < -0.4 is 5.32 Å². The molecule has 0 aromatic heterocycles. The fraction of sp³-hybridized carbons (Fsp3) is 0.619. The van der Waals surface area contributed by atoms with Crippen LogP contribution in [0.5, 0.6) is 0 Å². The van der Waals surface area contributed by atoms with Gasteiger partial charge in [-0.25, -0.2) is 8.78 Å². The first-order chi connectivity index (χ1) is 14.4. The van der Waals surface area contributed by atoms with Crippen molar-refractivity contribution < 1.29 is 18.3 Å². The lowest BCUT2D eigenvalue weighted by atomic mass is 10.0. The van der Waals surface area contributed by atoms with Crippen molar-refractivity contribution in [2.45, 2.75) is 32.2 Å². The number of hydrogen-bond acceptors (Lipinski definition) is 4. The van der Waals surface area contributed by atoms with Gasteiger partial charge < -0.3 is 19.9 Å². The Hall–Kier alpha value is -1.84. The molecule has 166 valence electrons. The maximum Gasteiger partial charge on any atom is 0.219 e. The number of likely N-dealkylation sites (tertiary alicyclic amines) is 1. The second-order valence-electron chi connectivity index (χ2n) is 7.83. The molecule has 9 heteroatoms. The number of amides is 1. The average molecular weight is 441 g/mol. The summed E-state index contributed by atoms with van der Waals surface area (Å²) in [5.74, 6) is -1.20. The zero-order valence-electron chi connectivity index (χ0n) is 17.4. The van der Waals surface area contributed by atoms with Gasteiger partial charge in [0.2, 0.25) is 5.91 Å². The summed E-state index contributed by atoms with van der Waals surface area (Å²) in [7, 11) is 0. The van der Waals surface area contributed by atoms with Crippen molar-refractivity contribution in [2.75, 3.05) is 57.8 Å². The van der Waals surface area contributed by atoms with Crippen LogP contribution in [0.2, 0.25) is 0 Å². The smallest absolute Gasteiger partial charge is 0.219 e. The molecule has 0 unspecified atom stereocenters. The van der Waals surface area contributed by atoms with Gasteiger partial charge >= 0.3 is 0 Å². The van der Waals surface area contributed by atoms with Crippen LogP contribution in [0.1, 0.15) is 26.2 Å². The van der Waals surface area contributed by atoms with Crippen LogP contribution in [0, 0.1) is 11.6 Å².